The Labute approximate surface area is 172 Å². The number of pyridine rings is 1. The van der Waals surface area contributed by atoms with Crippen LogP contribution in [0.1, 0.15) is 31.0 Å². The van der Waals surface area contributed by atoms with Gasteiger partial charge in [0.05, 0.1) is 10.9 Å². The fourth-order valence-electron chi connectivity index (χ4n) is 3.13. The van der Waals surface area contributed by atoms with Crippen molar-refractivity contribution in [3.63, 3.8) is 0 Å². The van der Waals surface area contributed by atoms with Crippen molar-refractivity contribution in [1.82, 2.24) is 25.5 Å². The number of H-pyrrole nitrogens is 1. The van der Waals surface area contributed by atoms with E-state index in [0.717, 1.165) is 37.3 Å². The minimum atomic E-state index is 0.00389. The predicted molar refractivity (Wildman–Crippen MR) is 114 cm³/mol. The van der Waals surface area contributed by atoms with Gasteiger partial charge in [-0.05, 0) is 60.9 Å². The van der Waals surface area contributed by atoms with Gasteiger partial charge in [0.25, 0.3) is 0 Å². The second kappa shape index (κ2) is 8.22. The fraction of sp³-hybridized carbons (Fsp3) is 0.190. The Morgan fingerprint density at radius 1 is 1.07 bits per heavy atom. The van der Waals surface area contributed by atoms with Crippen LogP contribution in [0.4, 0.5) is 0 Å². The zero-order chi connectivity index (χ0) is 19.5. The number of nitrogens with one attached hydrogen (secondary N) is 2. The highest BCUT2D eigenvalue weighted by molar-refractivity contribution is 7.19. The average molecular weight is 410 g/mol. The highest BCUT2D eigenvalue weighted by atomic mass is 35.5. The van der Waals surface area contributed by atoms with Crippen LogP contribution in [0.3, 0.4) is 0 Å². The summed E-state index contributed by atoms with van der Waals surface area (Å²) in [5, 5.41) is 11.5. The van der Waals surface area contributed by atoms with Crippen LogP contribution >= 0.6 is 22.9 Å². The molecule has 4 rings (SSSR count). The monoisotopic (exact) mass is 409 g/mol. The Kier molecular flexibility index (Phi) is 5.52. The number of hydrogen-bond donors (Lipinski definition) is 2. The second-order valence-electron chi connectivity index (χ2n) is 6.77. The van der Waals surface area contributed by atoms with Crippen molar-refractivity contribution in [2.75, 3.05) is 0 Å². The maximum absolute atomic E-state index is 6.12. The number of aromatic amines is 1. The molecule has 0 saturated carbocycles. The summed E-state index contributed by atoms with van der Waals surface area (Å²) in [6, 6.07) is 14.6. The molecule has 0 spiro atoms. The van der Waals surface area contributed by atoms with Crippen molar-refractivity contribution in [3.8, 4) is 21.1 Å². The highest BCUT2D eigenvalue weighted by Gasteiger charge is 2.24. The Balaban J connectivity index is 1.87. The molecule has 1 aromatic carbocycles. The first-order valence-corrected chi connectivity index (χ1v) is 10.2. The van der Waals surface area contributed by atoms with E-state index in [-0.39, 0.29) is 6.04 Å². The second-order valence-corrected chi connectivity index (χ2v) is 8.26. The lowest BCUT2D eigenvalue weighted by molar-refractivity contribution is 0.530. The van der Waals surface area contributed by atoms with Gasteiger partial charge in [0.1, 0.15) is 6.33 Å². The van der Waals surface area contributed by atoms with Crippen LogP contribution in [-0.4, -0.2) is 26.2 Å². The summed E-state index contributed by atoms with van der Waals surface area (Å²) in [6.45, 7) is 4.29. The van der Waals surface area contributed by atoms with Gasteiger partial charge in [0.15, 0.2) is 5.82 Å². The number of rotatable bonds is 6. The molecule has 0 bridgehead atoms. The van der Waals surface area contributed by atoms with Gasteiger partial charge in [-0.25, -0.2) is 4.98 Å². The number of nitrogens with zero attached hydrogens (tertiary/aromatic N) is 3. The van der Waals surface area contributed by atoms with Gasteiger partial charge in [-0.3, -0.25) is 10.1 Å². The van der Waals surface area contributed by atoms with Gasteiger partial charge < -0.3 is 5.32 Å². The van der Waals surface area contributed by atoms with E-state index < -0.39 is 0 Å². The summed E-state index contributed by atoms with van der Waals surface area (Å²) in [6.07, 6.45) is 5.16. The molecule has 7 heteroatoms. The van der Waals surface area contributed by atoms with E-state index in [1.165, 1.54) is 6.33 Å². The molecule has 0 fully saturated rings. The molecule has 4 aromatic rings. The van der Waals surface area contributed by atoms with E-state index in [4.69, 9.17) is 11.6 Å². The summed E-state index contributed by atoms with van der Waals surface area (Å²) in [7, 11) is 0. The number of thiophene rings is 1. The van der Waals surface area contributed by atoms with Gasteiger partial charge >= 0.3 is 0 Å². The molecular formula is C21H20ClN5S. The molecule has 2 N–H and O–H groups in total. The van der Waals surface area contributed by atoms with Crippen molar-refractivity contribution in [2.45, 2.75) is 25.9 Å². The smallest absolute Gasteiger partial charge is 0.165 e. The third-order valence-corrected chi connectivity index (χ3v) is 5.83. The Hall–Kier alpha value is -2.54. The van der Waals surface area contributed by atoms with Crippen LogP contribution in [-0.2, 0) is 0 Å². The minimum Gasteiger partial charge on any atom is -0.304 e. The molecule has 0 radical (unpaired) electrons. The van der Waals surface area contributed by atoms with Gasteiger partial charge in [0.2, 0.25) is 0 Å². The van der Waals surface area contributed by atoms with Gasteiger partial charge in [-0.1, -0.05) is 23.7 Å². The van der Waals surface area contributed by atoms with E-state index in [1.54, 1.807) is 11.3 Å². The van der Waals surface area contributed by atoms with Crippen LogP contribution in [0.2, 0.25) is 5.02 Å². The van der Waals surface area contributed by atoms with Gasteiger partial charge in [0, 0.05) is 28.3 Å². The Morgan fingerprint density at radius 2 is 1.82 bits per heavy atom. The third-order valence-electron chi connectivity index (χ3n) is 4.37. The summed E-state index contributed by atoms with van der Waals surface area (Å²) in [5.74, 6) is 0.768. The topological polar surface area (TPSA) is 66.5 Å². The van der Waals surface area contributed by atoms with E-state index >= 15 is 0 Å². The Morgan fingerprint density at radius 3 is 2.46 bits per heavy atom. The molecule has 5 nitrogen and oxygen atoms in total. The maximum Gasteiger partial charge on any atom is 0.165 e. The standard InChI is InChI=1S/C21H20ClN5S/c1-13(2)26-19(15-3-5-16(22)6-4-15)17-11-18(14-7-9-23-10-8-14)28-20(17)21-24-12-25-27-21/h3-13,19,26H,1-2H3,(H,24,25,27). The molecule has 0 aliphatic rings. The first-order valence-electron chi connectivity index (χ1n) is 9.03. The van der Waals surface area contributed by atoms with Crippen molar-refractivity contribution < 1.29 is 0 Å². The van der Waals surface area contributed by atoms with Crippen molar-refractivity contribution >= 4 is 22.9 Å². The Bertz CT molecular complexity index is 1030. The molecule has 3 aromatic heterocycles. The normalized spacial score (nSPS) is 12.4. The van der Waals surface area contributed by atoms with Crippen LogP contribution in [0.5, 0.6) is 0 Å². The van der Waals surface area contributed by atoms with E-state index in [0.29, 0.717) is 6.04 Å². The van der Waals surface area contributed by atoms with Crippen molar-refractivity contribution in [1.29, 1.82) is 0 Å². The fourth-order valence-corrected chi connectivity index (χ4v) is 4.41. The molecule has 0 amide bonds. The minimum absolute atomic E-state index is 0.00389. The largest absolute Gasteiger partial charge is 0.304 e. The highest BCUT2D eigenvalue weighted by Crippen LogP contribution is 2.41. The lowest BCUT2D eigenvalue weighted by Gasteiger charge is -2.22. The number of hydrogen-bond acceptors (Lipinski definition) is 5. The molecule has 3 heterocycles. The van der Waals surface area contributed by atoms with E-state index in [9.17, 15) is 0 Å². The number of halogens is 1. The van der Waals surface area contributed by atoms with Crippen molar-refractivity contribution in [2.24, 2.45) is 0 Å². The van der Waals surface area contributed by atoms with Crippen molar-refractivity contribution in [3.05, 3.63) is 77.3 Å². The molecule has 1 unspecified atom stereocenters. The summed E-state index contributed by atoms with van der Waals surface area (Å²) < 4.78 is 0. The quantitative estimate of drug-likeness (QED) is 0.451. The molecule has 1 atom stereocenters. The van der Waals surface area contributed by atoms with Gasteiger partial charge in [-0.15, -0.1) is 11.3 Å². The molecule has 28 heavy (non-hydrogen) atoms. The summed E-state index contributed by atoms with van der Waals surface area (Å²) in [4.78, 5) is 10.8. The molecule has 142 valence electrons. The lowest BCUT2D eigenvalue weighted by Crippen LogP contribution is -2.29. The van der Waals surface area contributed by atoms with Gasteiger partial charge in [-0.2, -0.15) is 5.10 Å². The van der Waals surface area contributed by atoms with E-state index in [2.05, 4.69) is 57.5 Å². The molecule has 0 saturated heterocycles. The number of aromatic nitrogens is 4. The first-order chi connectivity index (χ1) is 13.6. The molecule has 0 aliphatic carbocycles. The zero-order valence-corrected chi connectivity index (χ0v) is 17.1. The summed E-state index contributed by atoms with van der Waals surface area (Å²) >= 11 is 7.81. The summed E-state index contributed by atoms with van der Waals surface area (Å²) in [5.41, 5.74) is 3.44. The van der Waals surface area contributed by atoms with E-state index in [1.807, 2.05) is 36.7 Å². The van der Waals surface area contributed by atoms with Crippen LogP contribution < -0.4 is 5.32 Å². The average Bonchev–Trinajstić information content (AvgIpc) is 3.37. The van der Waals surface area contributed by atoms with Crippen LogP contribution in [0.25, 0.3) is 21.1 Å². The SMILES string of the molecule is CC(C)NC(c1ccc(Cl)cc1)c1cc(-c2ccncc2)sc1-c1ncn[nH]1. The zero-order valence-electron chi connectivity index (χ0n) is 15.6. The molecular weight excluding hydrogens is 390 g/mol. The van der Waals surface area contributed by atoms with Crippen LogP contribution in [0, 0.1) is 0 Å². The third kappa shape index (κ3) is 3.99. The maximum atomic E-state index is 6.12. The molecule has 0 aliphatic heterocycles. The predicted octanol–water partition coefficient (Wildman–Crippen LogP) is 5.34. The first kappa shape index (κ1) is 18.8. The lowest BCUT2D eigenvalue weighted by atomic mass is 9.97. The van der Waals surface area contributed by atoms with Crippen LogP contribution in [0.15, 0.2) is 61.2 Å². The number of benzene rings is 1.